The highest BCUT2D eigenvalue weighted by Gasteiger charge is 2.46. The molecule has 2 atom stereocenters. The van der Waals surface area contributed by atoms with E-state index in [0.717, 1.165) is 5.39 Å². The Kier molecular flexibility index (Phi) is 6.96. The summed E-state index contributed by atoms with van der Waals surface area (Å²) in [5.41, 5.74) is 1.88. The Balaban J connectivity index is 1.52. The van der Waals surface area contributed by atoms with E-state index in [2.05, 4.69) is 17.0 Å². The molecule has 3 N–H and O–H groups in total. The van der Waals surface area contributed by atoms with Gasteiger partial charge in [0.15, 0.2) is 5.49 Å². The Labute approximate surface area is 213 Å². The quantitative estimate of drug-likeness (QED) is 0.352. The average molecular weight is 513 g/mol. The van der Waals surface area contributed by atoms with Crippen LogP contribution in [0.25, 0.3) is 16.6 Å². The molecule has 1 saturated heterocycles. The lowest BCUT2D eigenvalue weighted by Crippen LogP contribution is -2.39. The minimum absolute atomic E-state index is 0.0170. The molecule has 3 aromatic rings. The first kappa shape index (κ1) is 25.3. The molecule has 37 heavy (non-hydrogen) atoms. The Hall–Kier alpha value is -3.37. The summed E-state index contributed by atoms with van der Waals surface area (Å²) in [5, 5.41) is 7.76. The summed E-state index contributed by atoms with van der Waals surface area (Å²) in [6, 6.07) is 10.6. The molecule has 7 nitrogen and oxygen atoms in total. The molecule has 0 amide bonds. The van der Waals surface area contributed by atoms with Gasteiger partial charge < -0.3 is 15.9 Å². The standard InChI is InChI=1S/C27H31F3N6O/c1-17(22-10-8-19-4-3-5-23(25(19)33-22)37-16-18-6-7-18)36-14-20(9-11-24(36)34-31)26(27(28,29)30)35-13-12-21(15-35)32-2/h3-5,8-11,14,18,21,26,32H,1,6-7,12-13,15-16,31H2,2H3. The van der Waals surface area contributed by atoms with E-state index in [-0.39, 0.29) is 17.1 Å². The monoisotopic (exact) mass is 512 g/mol. The smallest absolute Gasteiger partial charge is 0.408 e. The molecular formula is C27H31F3N6O. The van der Waals surface area contributed by atoms with Gasteiger partial charge in [0.2, 0.25) is 0 Å². The number of hydrogen-bond donors (Lipinski definition) is 2. The maximum Gasteiger partial charge on any atom is 0.408 e. The number of rotatable bonds is 8. The number of nitrogens with one attached hydrogen (secondary N) is 1. The van der Waals surface area contributed by atoms with Crippen LogP contribution in [0.5, 0.6) is 5.75 Å². The number of aromatic nitrogens is 2. The number of likely N-dealkylation sites (N-methyl/N-ethyl adjacent to an activating group) is 1. The fourth-order valence-electron chi connectivity index (χ4n) is 4.87. The molecule has 2 aliphatic rings. The van der Waals surface area contributed by atoms with Gasteiger partial charge in [-0.05, 0) is 56.0 Å². The normalized spacial score (nSPS) is 19.9. The number of para-hydroxylation sites is 1. The van der Waals surface area contributed by atoms with Crippen molar-refractivity contribution in [3.8, 4) is 5.75 Å². The van der Waals surface area contributed by atoms with E-state index in [1.165, 1.54) is 40.6 Å². The van der Waals surface area contributed by atoms with Gasteiger partial charge in [-0.2, -0.15) is 18.3 Å². The van der Waals surface area contributed by atoms with Gasteiger partial charge in [0.1, 0.15) is 17.3 Å². The molecule has 196 valence electrons. The molecule has 1 saturated carbocycles. The van der Waals surface area contributed by atoms with E-state index in [1.54, 1.807) is 13.1 Å². The Morgan fingerprint density at radius 1 is 1.22 bits per heavy atom. The van der Waals surface area contributed by atoms with E-state index in [9.17, 15) is 13.2 Å². The van der Waals surface area contributed by atoms with Crippen molar-refractivity contribution in [2.24, 2.45) is 16.9 Å². The van der Waals surface area contributed by atoms with E-state index in [1.807, 2.05) is 24.3 Å². The van der Waals surface area contributed by atoms with Gasteiger partial charge in [-0.15, -0.1) is 0 Å². The van der Waals surface area contributed by atoms with Crippen molar-refractivity contribution < 1.29 is 17.9 Å². The van der Waals surface area contributed by atoms with Crippen molar-refractivity contribution in [2.75, 3.05) is 26.7 Å². The number of likely N-dealkylation sites (tertiary alicyclic amines) is 1. The average Bonchev–Trinajstić information content (AvgIpc) is 3.61. The van der Waals surface area contributed by atoms with Crippen LogP contribution < -0.4 is 21.4 Å². The third-order valence-electron chi connectivity index (χ3n) is 7.14. The summed E-state index contributed by atoms with van der Waals surface area (Å²) in [6.45, 7) is 5.44. The maximum atomic E-state index is 14.3. The van der Waals surface area contributed by atoms with E-state index in [4.69, 9.17) is 15.6 Å². The number of ether oxygens (including phenoxy) is 1. The number of fused-ring (bicyclic) bond motifs is 1. The number of alkyl halides is 3. The van der Waals surface area contributed by atoms with Crippen LogP contribution in [0.3, 0.4) is 0 Å². The first-order valence-electron chi connectivity index (χ1n) is 12.4. The molecule has 0 spiro atoms. The highest BCUT2D eigenvalue weighted by molar-refractivity contribution is 5.86. The van der Waals surface area contributed by atoms with Crippen LogP contribution in [0.4, 0.5) is 13.2 Å². The molecule has 1 aliphatic carbocycles. The summed E-state index contributed by atoms with van der Waals surface area (Å²) in [5.74, 6) is 6.86. The molecule has 2 unspecified atom stereocenters. The van der Waals surface area contributed by atoms with Crippen LogP contribution in [0.15, 0.2) is 60.3 Å². The van der Waals surface area contributed by atoms with Crippen molar-refractivity contribution in [1.29, 1.82) is 0 Å². The van der Waals surface area contributed by atoms with Gasteiger partial charge in [-0.1, -0.05) is 30.8 Å². The summed E-state index contributed by atoms with van der Waals surface area (Å²) < 4.78 is 50.4. The molecule has 3 heterocycles. The summed E-state index contributed by atoms with van der Waals surface area (Å²) in [4.78, 5) is 6.24. The van der Waals surface area contributed by atoms with Gasteiger partial charge in [-0.3, -0.25) is 9.47 Å². The summed E-state index contributed by atoms with van der Waals surface area (Å²) >= 11 is 0. The SMILES string of the molecule is C=C(c1ccc2cccc(OCC3CC3)c2n1)n1cc(C(N2CCC(NC)C2)C(F)(F)F)ccc1=NN. The van der Waals surface area contributed by atoms with E-state index in [0.29, 0.717) is 54.7 Å². The molecule has 0 radical (unpaired) electrons. The number of benzene rings is 1. The zero-order valence-electron chi connectivity index (χ0n) is 20.7. The number of halogens is 3. The second-order valence-electron chi connectivity index (χ2n) is 9.76. The predicted molar refractivity (Wildman–Crippen MR) is 136 cm³/mol. The third-order valence-corrected chi connectivity index (χ3v) is 7.14. The van der Waals surface area contributed by atoms with Crippen molar-refractivity contribution in [3.05, 3.63) is 72.0 Å². The fraction of sp³-hybridized carbons (Fsp3) is 0.407. The predicted octanol–water partition coefficient (Wildman–Crippen LogP) is 4.02. The first-order valence-corrected chi connectivity index (χ1v) is 12.4. The summed E-state index contributed by atoms with van der Waals surface area (Å²) in [7, 11) is 1.77. The zero-order chi connectivity index (χ0) is 26.2. The largest absolute Gasteiger partial charge is 0.491 e. The van der Waals surface area contributed by atoms with Crippen LogP contribution in [0.1, 0.15) is 36.6 Å². The fourth-order valence-corrected chi connectivity index (χ4v) is 4.87. The second-order valence-corrected chi connectivity index (χ2v) is 9.76. The molecule has 2 fully saturated rings. The van der Waals surface area contributed by atoms with Crippen LogP contribution in [-0.4, -0.2) is 53.4 Å². The topological polar surface area (TPSA) is 80.7 Å². The first-order chi connectivity index (χ1) is 17.8. The molecular weight excluding hydrogens is 481 g/mol. The van der Waals surface area contributed by atoms with Gasteiger partial charge in [-0.25, -0.2) is 4.98 Å². The van der Waals surface area contributed by atoms with Gasteiger partial charge >= 0.3 is 6.18 Å². The Morgan fingerprint density at radius 3 is 2.70 bits per heavy atom. The van der Waals surface area contributed by atoms with Crippen LogP contribution >= 0.6 is 0 Å². The molecule has 0 bridgehead atoms. The lowest BCUT2D eigenvalue weighted by atomic mass is 10.1. The highest BCUT2D eigenvalue weighted by Crippen LogP contribution is 2.39. The maximum absolute atomic E-state index is 14.3. The summed E-state index contributed by atoms with van der Waals surface area (Å²) in [6.07, 6.45) is -0.0499. The van der Waals surface area contributed by atoms with Crippen molar-refractivity contribution in [1.82, 2.24) is 19.8 Å². The lowest BCUT2D eigenvalue weighted by Gasteiger charge is -2.30. The number of nitrogens with two attached hydrogens (primary N) is 1. The van der Waals surface area contributed by atoms with E-state index >= 15 is 0 Å². The van der Waals surface area contributed by atoms with Crippen molar-refractivity contribution in [2.45, 2.75) is 37.5 Å². The van der Waals surface area contributed by atoms with Crippen molar-refractivity contribution >= 4 is 16.6 Å². The molecule has 5 rings (SSSR count). The van der Waals surface area contributed by atoms with Crippen LogP contribution in [0.2, 0.25) is 0 Å². The molecule has 2 aromatic heterocycles. The number of nitrogens with zero attached hydrogens (tertiary/aromatic N) is 4. The van der Waals surface area contributed by atoms with Gasteiger partial charge in [0, 0.05) is 30.7 Å². The zero-order valence-corrected chi connectivity index (χ0v) is 20.7. The molecule has 1 aliphatic heterocycles. The molecule has 1 aromatic carbocycles. The minimum Gasteiger partial charge on any atom is -0.491 e. The van der Waals surface area contributed by atoms with Crippen LogP contribution in [-0.2, 0) is 0 Å². The number of hydrogen-bond acceptors (Lipinski definition) is 6. The Morgan fingerprint density at radius 2 is 2.03 bits per heavy atom. The molecule has 10 heteroatoms. The van der Waals surface area contributed by atoms with Crippen LogP contribution in [0, 0.1) is 5.92 Å². The number of pyridine rings is 2. The Bertz CT molecular complexity index is 1360. The van der Waals surface area contributed by atoms with Gasteiger partial charge in [0.05, 0.1) is 18.0 Å². The van der Waals surface area contributed by atoms with E-state index < -0.39 is 12.2 Å². The third kappa shape index (κ3) is 5.35. The van der Waals surface area contributed by atoms with Gasteiger partial charge in [0.25, 0.3) is 0 Å². The highest BCUT2D eigenvalue weighted by atomic mass is 19.4. The second kappa shape index (κ2) is 10.2. The minimum atomic E-state index is -4.46. The lowest BCUT2D eigenvalue weighted by molar-refractivity contribution is -0.184. The van der Waals surface area contributed by atoms with Crippen molar-refractivity contribution in [3.63, 3.8) is 0 Å².